The molecule has 7 nitrogen and oxygen atoms in total. The third kappa shape index (κ3) is 4.19. The first-order valence-electron chi connectivity index (χ1n) is 7.38. The fraction of sp³-hybridized carbons (Fsp3) is 0.188. The van der Waals surface area contributed by atoms with Crippen LogP contribution in [0, 0.1) is 0 Å². The van der Waals surface area contributed by atoms with Crippen molar-refractivity contribution in [1.82, 2.24) is 10.3 Å². The molecular formula is C16H19N7. The summed E-state index contributed by atoms with van der Waals surface area (Å²) in [5, 5.41) is 6.43. The number of anilines is 1. The van der Waals surface area contributed by atoms with Crippen molar-refractivity contribution in [1.29, 1.82) is 0 Å². The van der Waals surface area contributed by atoms with Crippen LogP contribution in [0.15, 0.2) is 52.6 Å². The van der Waals surface area contributed by atoms with Gasteiger partial charge in [-0.2, -0.15) is 4.99 Å². The smallest absolute Gasteiger partial charge is 0.195 e. The van der Waals surface area contributed by atoms with Crippen LogP contribution in [0.3, 0.4) is 0 Å². The zero-order valence-electron chi connectivity index (χ0n) is 12.7. The molecular weight excluding hydrogens is 290 g/mol. The molecule has 2 aromatic rings. The van der Waals surface area contributed by atoms with Crippen molar-refractivity contribution in [2.45, 2.75) is 6.42 Å². The number of nitrogens with two attached hydrogens (primary N) is 2. The van der Waals surface area contributed by atoms with Crippen LogP contribution in [0.5, 0.6) is 0 Å². The van der Waals surface area contributed by atoms with E-state index in [0.29, 0.717) is 5.82 Å². The molecule has 0 aliphatic carbocycles. The summed E-state index contributed by atoms with van der Waals surface area (Å²) in [4.78, 5) is 12.4. The summed E-state index contributed by atoms with van der Waals surface area (Å²) in [6.07, 6.45) is 2.58. The fourth-order valence-electron chi connectivity index (χ4n) is 2.28. The van der Waals surface area contributed by atoms with Crippen LogP contribution in [0.4, 0.5) is 11.5 Å². The van der Waals surface area contributed by atoms with Crippen LogP contribution in [-0.2, 0) is 6.42 Å². The lowest BCUT2D eigenvalue weighted by Gasteiger charge is -2.08. The first-order chi connectivity index (χ1) is 11.2. The highest BCUT2D eigenvalue weighted by molar-refractivity contribution is 5.94. The molecule has 0 saturated carbocycles. The van der Waals surface area contributed by atoms with Crippen molar-refractivity contribution >= 4 is 23.4 Å². The molecule has 0 spiro atoms. The van der Waals surface area contributed by atoms with Crippen LogP contribution in [0.2, 0.25) is 0 Å². The Kier molecular flexibility index (Phi) is 4.37. The number of hydrogen-bond acceptors (Lipinski definition) is 5. The second-order valence-electron chi connectivity index (χ2n) is 5.22. The average molecular weight is 309 g/mol. The van der Waals surface area contributed by atoms with Gasteiger partial charge in [-0.05, 0) is 35.7 Å². The van der Waals surface area contributed by atoms with Gasteiger partial charge < -0.3 is 22.1 Å². The monoisotopic (exact) mass is 309 g/mol. The predicted molar refractivity (Wildman–Crippen MR) is 92.9 cm³/mol. The summed E-state index contributed by atoms with van der Waals surface area (Å²) in [6.45, 7) is 1.71. The Balaban J connectivity index is 1.62. The molecule has 1 aliphatic rings. The number of aliphatic imine (C=N–C) groups is 2. The molecule has 1 aromatic heterocycles. The molecule has 0 fully saturated rings. The number of nitrogens with zero attached hydrogens (tertiary/aromatic N) is 3. The Hall–Kier alpha value is -3.09. The maximum absolute atomic E-state index is 5.33. The highest BCUT2D eigenvalue weighted by Crippen LogP contribution is 2.15. The Morgan fingerprint density at radius 1 is 1.13 bits per heavy atom. The predicted octanol–water partition coefficient (Wildman–Crippen LogP) is 0.948. The summed E-state index contributed by atoms with van der Waals surface area (Å²) in [5.41, 5.74) is 14.0. The lowest BCUT2D eigenvalue weighted by atomic mass is 10.1. The van der Waals surface area contributed by atoms with E-state index in [9.17, 15) is 0 Å². The van der Waals surface area contributed by atoms with Gasteiger partial charge in [-0.25, -0.2) is 4.98 Å². The molecule has 0 radical (unpaired) electrons. The molecule has 0 bridgehead atoms. The van der Waals surface area contributed by atoms with E-state index in [4.69, 9.17) is 11.5 Å². The normalized spacial score (nSPS) is 13.1. The topological polar surface area (TPSA) is 114 Å². The number of benzene rings is 1. The number of pyridine rings is 1. The van der Waals surface area contributed by atoms with Crippen LogP contribution in [0.1, 0.15) is 11.1 Å². The van der Waals surface area contributed by atoms with E-state index < -0.39 is 0 Å². The molecule has 7 heteroatoms. The molecule has 118 valence electrons. The van der Waals surface area contributed by atoms with Crippen molar-refractivity contribution < 1.29 is 0 Å². The van der Waals surface area contributed by atoms with Gasteiger partial charge in [-0.15, -0.1) is 0 Å². The largest absolute Gasteiger partial charge is 0.370 e. The zero-order chi connectivity index (χ0) is 16.1. The number of rotatable bonds is 4. The average Bonchev–Trinajstić information content (AvgIpc) is 3.04. The van der Waals surface area contributed by atoms with Crippen molar-refractivity contribution in [2.24, 2.45) is 21.5 Å². The number of aromatic nitrogens is 1. The summed E-state index contributed by atoms with van der Waals surface area (Å²) >= 11 is 0. The van der Waals surface area contributed by atoms with E-state index in [1.165, 1.54) is 5.56 Å². The minimum atomic E-state index is 0.00898. The highest BCUT2D eigenvalue weighted by Gasteiger charge is 2.05. The van der Waals surface area contributed by atoms with Gasteiger partial charge in [0.15, 0.2) is 17.7 Å². The summed E-state index contributed by atoms with van der Waals surface area (Å²) < 4.78 is 0. The molecule has 0 saturated heterocycles. The molecule has 23 heavy (non-hydrogen) atoms. The van der Waals surface area contributed by atoms with Crippen molar-refractivity contribution in [3.05, 3.63) is 53.7 Å². The SMILES string of the molecule is NC(N)=Nc1ccc(Cc2ccc(NC3=NCCN3)cc2)cn1. The summed E-state index contributed by atoms with van der Waals surface area (Å²) in [5.74, 6) is 1.35. The first-order valence-corrected chi connectivity index (χ1v) is 7.38. The van der Waals surface area contributed by atoms with Crippen LogP contribution < -0.4 is 22.1 Å². The van der Waals surface area contributed by atoms with Crippen LogP contribution >= 0.6 is 0 Å². The van der Waals surface area contributed by atoms with E-state index in [0.717, 1.165) is 36.7 Å². The Morgan fingerprint density at radius 2 is 1.91 bits per heavy atom. The Morgan fingerprint density at radius 3 is 2.52 bits per heavy atom. The van der Waals surface area contributed by atoms with E-state index >= 15 is 0 Å². The Bertz CT molecular complexity index is 713. The van der Waals surface area contributed by atoms with Gasteiger partial charge in [0, 0.05) is 18.4 Å². The molecule has 3 rings (SSSR count). The van der Waals surface area contributed by atoms with Gasteiger partial charge in [-0.3, -0.25) is 4.99 Å². The standard InChI is InChI=1S/C16H19N7/c17-15(18)23-14-6-3-12(10-21-14)9-11-1-4-13(5-2-11)22-16-19-7-8-20-16/h1-6,10H,7-9H2,(H2,19,20,22)(H4,17,18,21,23). The van der Waals surface area contributed by atoms with Gasteiger partial charge in [0.2, 0.25) is 0 Å². The lowest BCUT2D eigenvalue weighted by molar-refractivity contribution is 0.959. The maximum Gasteiger partial charge on any atom is 0.195 e. The van der Waals surface area contributed by atoms with Crippen LogP contribution in [-0.4, -0.2) is 30.0 Å². The summed E-state index contributed by atoms with van der Waals surface area (Å²) in [7, 11) is 0. The molecule has 6 N–H and O–H groups in total. The molecule has 1 aliphatic heterocycles. The maximum atomic E-state index is 5.33. The van der Waals surface area contributed by atoms with E-state index in [1.807, 2.05) is 18.2 Å². The minimum absolute atomic E-state index is 0.00898. The highest BCUT2D eigenvalue weighted by atomic mass is 15.2. The van der Waals surface area contributed by atoms with E-state index in [-0.39, 0.29) is 5.96 Å². The molecule has 0 atom stereocenters. The second kappa shape index (κ2) is 6.78. The minimum Gasteiger partial charge on any atom is -0.370 e. The van der Waals surface area contributed by atoms with Crippen molar-refractivity contribution in [3.8, 4) is 0 Å². The number of nitrogens with one attached hydrogen (secondary N) is 2. The van der Waals surface area contributed by atoms with Crippen molar-refractivity contribution in [3.63, 3.8) is 0 Å². The fourth-order valence-corrected chi connectivity index (χ4v) is 2.28. The quantitative estimate of drug-likeness (QED) is 0.496. The van der Waals surface area contributed by atoms with Gasteiger partial charge in [0.05, 0.1) is 6.54 Å². The van der Waals surface area contributed by atoms with Gasteiger partial charge in [0.1, 0.15) is 0 Å². The second-order valence-corrected chi connectivity index (χ2v) is 5.22. The number of hydrogen-bond donors (Lipinski definition) is 4. The van der Waals surface area contributed by atoms with Gasteiger partial charge >= 0.3 is 0 Å². The van der Waals surface area contributed by atoms with Gasteiger partial charge in [0.25, 0.3) is 0 Å². The first kappa shape index (κ1) is 14.8. The van der Waals surface area contributed by atoms with E-state index in [2.05, 4.69) is 37.7 Å². The van der Waals surface area contributed by atoms with Gasteiger partial charge in [-0.1, -0.05) is 18.2 Å². The molecule has 2 heterocycles. The Labute approximate surface area is 134 Å². The van der Waals surface area contributed by atoms with E-state index in [1.54, 1.807) is 12.3 Å². The molecule has 0 amide bonds. The third-order valence-corrected chi connectivity index (χ3v) is 3.35. The molecule has 1 aromatic carbocycles. The molecule has 0 unspecified atom stereocenters. The summed E-state index contributed by atoms with van der Waals surface area (Å²) in [6, 6.07) is 12.0. The van der Waals surface area contributed by atoms with Crippen molar-refractivity contribution in [2.75, 3.05) is 18.4 Å². The zero-order valence-corrected chi connectivity index (χ0v) is 12.7. The third-order valence-electron chi connectivity index (χ3n) is 3.35. The lowest BCUT2D eigenvalue weighted by Crippen LogP contribution is -2.26. The van der Waals surface area contributed by atoms with Crippen LogP contribution in [0.25, 0.3) is 0 Å². The number of guanidine groups is 2.